The van der Waals surface area contributed by atoms with Crippen LogP contribution in [0.4, 0.5) is 0 Å². The topological polar surface area (TPSA) is 34.1 Å². The molecule has 2 rings (SSSR count). The first-order valence-corrected chi connectivity index (χ1v) is 7.90. The summed E-state index contributed by atoms with van der Waals surface area (Å²) in [6.45, 7) is 3.93. The van der Waals surface area contributed by atoms with Crippen LogP contribution in [0.3, 0.4) is 0 Å². The van der Waals surface area contributed by atoms with E-state index in [2.05, 4.69) is 35.6 Å². The van der Waals surface area contributed by atoms with Crippen LogP contribution in [-0.2, 0) is 11.2 Å². The second-order valence-corrected chi connectivity index (χ2v) is 5.61. The lowest BCUT2D eigenvalue weighted by molar-refractivity contribution is -0.00272. The van der Waals surface area contributed by atoms with Gasteiger partial charge >= 0.3 is 0 Å². The minimum atomic E-state index is 0.448. The number of aromatic nitrogens is 1. The third-order valence-electron chi connectivity index (χ3n) is 3.47. The molecule has 1 heterocycles. The van der Waals surface area contributed by atoms with Crippen molar-refractivity contribution in [1.29, 1.82) is 0 Å². The largest absolute Gasteiger partial charge is 0.377 e. The minimum Gasteiger partial charge on any atom is -0.377 e. The highest BCUT2D eigenvalue weighted by Gasteiger charge is 2.40. The molecule has 0 aromatic carbocycles. The molecule has 1 fully saturated rings. The zero-order valence-electron chi connectivity index (χ0n) is 11.1. The number of ether oxygens (including phenoxy) is 1. The minimum absolute atomic E-state index is 0.448. The van der Waals surface area contributed by atoms with Crippen molar-refractivity contribution in [2.24, 2.45) is 0 Å². The van der Waals surface area contributed by atoms with E-state index in [1.165, 1.54) is 5.56 Å². The molecule has 0 bridgehead atoms. The summed E-state index contributed by atoms with van der Waals surface area (Å²) in [5.41, 5.74) is 1.35. The number of thioether (sulfide) groups is 1. The standard InChI is InChI=1S/C14H22N2OS/c1-3-17-13-10-12(14(13)18-2)16-9-6-11-4-7-15-8-5-11/h4-5,7-8,12-14,16H,3,6,9-10H2,1-2H3/t12-,13-,14+/m1/s1. The lowest BCUT2D eigenvalue weighted by Crippen LogP contribution is -2.57. The zero-order valence-corrected chi connectivity index (χ0v) is 12.0. The highest BCUT2D eigenvalue weighted by atomic mass is 32.2. The summed E-state index contributed by atoms with van der Waals surface area (Å²) in [6.07, 6.45) is 8.55. The van der Waals surface area contributed by atoms with Gasteiger partial charge in [0.25, 0.3) is 0 Å². The molecule has 1 saturated carbocycles. The molecule has 0 aliphatic heterocycles. The lowest BCUT2D eigenvalue weighted by Gasteiger charge is -2.43. The summed E-state index contributed by atoms with van der Waals surface area (Å²) < 4.78 is 5.71. The Balaban J connectivity index is 1.69. The summed E-state index contributed by atoms with van der Waals surface area (Å²) >= 11 is 1.92. The van der Waals surface area contributed by atoms with Crippen LogP contribution in [0.1, 0.15) is 18.9 Å². The smallest absolute Gasteiger partial charge is 0.0723 e. The van der Waals surface area contributed by atoms with Crippen LogP contribution in [0.5, 0.6) is 0 Å². The van der Waals surface area contributed by atoms with Gasteiger partial charge in [-0.15, -0.1) is 0 Å². The molecule has 4 heteroatoms. The molecular weight excluding hydrogens is 244 g/mol. The Morgan fingerprint density at radius 1 is 1.44 bits per heavy atom. The SMILES string of the molecule is CCO[C@@H]1C[C@@H](NCCc2ccncc2)[C@@H]1SC. The molecule has 3 atom stereocenters. The summed E-state index contributed by atoms with van der Waals surface area (Å²) in [5, 5.41) is 4.25. The van der Waals surface area contributed by atoms with Gasteiger partial charge in [0.15, 0.2) is 0 Å². The quantitative estimate of drug-likeness (QED) is 0.820. The molecule has 3 nitrogen and oxygen atoms in total. The van der Waals surface area contributed by atoms with Crippen LogP contribution in [-0.4, -0.2) is 41.8 Å². The van der Waals surface area contributed by atoms with E-state index in [1.54, 1.807) is 0 Å². The molecule has 1 aliphatic carbocycles. The number of hydrogen-bond donors (Lipinski definition) is 1. The maximum absolute atomic E-state index is 5.71. The molecule has 0 radical (unpaired) electrons. The van der Waals surface area contributed by atoms with Crippen molar-refractivity contribution in [2.45, 2.75) is 37.2 Å². The Bertz CT molecular complexity index is 347. The van der Waals surface area contributed by atoms with Gasteiger partial charge in [-0.3, -0.25) is 4.98 Å². The normalized spacial score (nSPS) is 26.9. The molecule has 1 aromatic heterocycles. The second-order valence-electron chi connectivity index (χ2n) is 4.60. The fourth-order valence-corrected chi connectivity index (χ4v) is 3.45. The Labute approximate surface area is 114 Å². The molecule has 1 N–H and O–H groups in total. The first kappa shape index (κ1) is 13.8. The third-order valence-corrected chi connectivity index (χ3v) is 4.65. The molecule has 0 spiro atoms. The highest BCUT2D eigenvalue weighted by molar-refractivity contribution is 7.99. The average Bonchev–Trinajstić information content (AvgIpc) is 2.38. The molecule has 18 heavy (non-hydrogen) atoms. The average molecular weight is 266 g/mol. The van der Waals surface area contributed by atoms with Crippen LogP contribution in [0.15, 0.2) is 24.5 Å². The van der Waals surface area contributed by atoms with Crippen molar-refractivity contribution in [2.75, 3.05) is 19.4 Å². The van der Waals surface area contributed by atoms with Gasteiger partial charge in [-0.25, -0.2) is 0 Å². The van der Waals surface area contributed by atoms with Crippen LogP contribution in [0.25, 0.3) is 0 Å². The van der Waals surface area contributed by atoms with E-state index in [9.17, 15) is 0 Å². The Morgan fingerprint density at radius 2 is 2.22 bits per heavy atom. The second kappa shape index (κ2) is 7.12. The van der Waals surface area contributed by atoms with E-state index in [-0.39, 0.29) is 0 Å². The fourth-order valence-electron chi connectivity index (χ4n) is 2.43. The fraction of sp³-hybridized carbons (Fsp3) is 0.643. The van der Waals surface area contributed by atoms with E-state index in [0.717, 1.165) is 26.0 Å². The lowest BCUT2D eigenvalue weighted by atomic mass is 9.88. The van der Waals surface area contributed by atoms with Crippen LogP contribution >= 0.6 is 11.8 Å². The van der Waals surface area contributed by atoms with Crippen LogP contribution in [0, 0.1) is 0 Å². The monoisotopic (exact) mass is 266 g/mol. The van der Waals surface area contributed by atoms with E-state index in [0.29, 0.717) is 17.4 Å². The maximum Gasteiger partial charge on any atom is 0.0723 e. The van der Waals surface area contributed by atoms with Gasteiger partial charge in [0, 0.05) is 30.3 Å². The summed E-state index contributed by atoms with van der Waals surface area (Å²) in [4.78, 5) is 4.03. The third kappa shape index (κ3) is 3.46. The van der Waals surface area contributed by atoms with Crippen molar-refractivity contribution < 1.29 is 4.74 Å². The first-order valence-electron chi connectivity index (χ1n) is 6.61. The van der Waals surface area contributed by atoms with Gasteiger partial charge in [0.1, 0.15) is 0 Å². The van der Waals surface area contributed by atoms with E-state index >= 15 is 0 Å². The van der Waals surface area contributed by atoms with Gasteiger partial charge < -0.3 is 10.1 Å². The summed E-state index contributed by atoms with van der Waals surface area (Å²) in [5.74, 6) is 0. The van der Waals surface area contributed by atoms with Gasteiger partial charge in [0.2, 0.25) is 0 Å². The zero-order chi connectivity index (χ0) is 12.8. The molecule has 0 unspecified atom stereocenters. The number of rotatable bonds is 7. The van der Waals surface area contributed by atoms with Gasteiger partial charge in [0.05, 0.1) is 6.10 Å². The van der Waals surface area contributed by atoms with Crippen molar-refractivity contribution in [1.82, 2.24) is 10.3 Å². The number of pyridine rings is 1. The summed E-state index contributed by atoms with van der Waals surface area (Å²) in [6, 6.07) is 4.77. The van der Waals surface area contributed by atoms with Crippen LogP contribution in [0.2, 0.25) is 0 Å². The number of nitrogens with zero attached hydrogens (tertiary/aromatic N) is 1. The maximum atomic E-state index is 5.71. The van der Waals surface area contributed by atoms with Crippen molar-refractivity contribution in [3.8, 4) is 0 Å². The summed E-state index contributed by atoms with van der Waals surface area (Å²) in [7, 11) is 0. The van der Waals surface area contributed by atoms with E-state index < -0.39 is 0 Å². The van der Waals surface area contributed by atoms with Gasteiger partial charge in [-0.2, -0.15) is 11.8 Å². The van der Waals surface area contributed by atoms with Crippen LogP contribution < -0.4 is 5.32 Å². The molecule has 1 aromatic rings. The first-order chi connectivity index (χ1) is 8.85. The predicted octanol–water partition coefficient (Wildman–Crippen LogP) is 2.12. The molecule has 0 amide bonds. The van der Waals surface area contributed by atoms with E-state index in [1.807, 2.05) is 24.2 Å². The van der Waals surface area contributed by atoms with Crippen molar-refractivity contribution in [3.05, 3.63) is 30.1 Å². The Morgan fingerprint density at radius 3 is 2.89 bits per heavy atom. The molecule has 100 valence electrons. The van der Waals surface area contributed by atoms with Crippen molar-refractivity contribution in [3.63, 3.8) is 0 Å². The molecular formula is C14H22N2OS. The van der Waals surface area contributed by atoms with E-state index in [4.69, 9.17) is 4.74 Å². The van der Waals surface area contributed by atoms with Crippen molar-refractivity contribution >= 4 is 11.8 Å². The highest BCUT2D eigenvalue weighted by Crippen LogP contribution is 2.33. The van der Waals surface area contributed by atoms with Gasteiger partial charge in [-0.05, 0) is 50.3 Å². The number of nitrogens with one attached hydrogen (secondary N) is 1. The number of hydrogen-bond acceptors (Lipinski definition) is 4. The molecule has 0 saturated heterocycles. The Hall–Kier alpha value is -0.580. The Kier molecular flexibility index (Phi) is 5.47. The molecule has 1 aliphatic rings. The predicted molar refractivity (Wildman–Crippen MR) is 77.1 cm³/mol. The van der Waals surface area contributed by atoms with Gasteiger partial charge in [-0.1, -0.05) is 0 Å².